The van der Waals surface area contributed by atoms with Crippen LogP contribution in [0.5, 0.6) is 0 Å². The molecule has 0 heterocycles. The number of hydrogen-bond donors (Lipinski definition) is 3. The Bertz CT molecular complexity index is 558. The van der Waals surface area contributed by atoms with Gasteiger partial charge in [-0.25, -0.2) is 0 Å². The van der Waals surface area contributed by atoms with Gasteiger partial charge in [-0.2, -0.15) is 0 Å². The Morgan fingerprint density at radius 3 is 1.12 bits per heavy atom. The van der Waals surface area contributed by atoms with Crippen LogP contribution in [0.2, 0.25) is 3.93 Å². The van der Waals surface area contributed by atoms with Gasteiger partial charge in [-0.15, -0.1) is 0 Å². The number of carbonyl (C=O) groups is 3. The van der Waals surface area contributed by atoms with Gasteiger partial charge in [0.05, 0.1) is 11.8 Å². The number of carboxylic acid groups (broad SMARTS) is 3. The summed E-state index contributed by atoms with van der Waals surface area (Å²) < 4.78 is 0.703. The van der Waals surface area contributed by atoms with Crippen molar-refractivity contribution in [3.8, 4) is 0 Å². The molecule has 2 radical (unpaired) electrons. The standard InChI is InChI=1S/C18H35O2.2C8H16O2.Sn.H/c1-2-3-4-5-6-7-8-9-10-11-12-13-14-15-16-17-18(19)20;2*1-3-5-6-7(4-2)8(9)10;;/h15H,2-14,16-17H2,1H3,(H,19,20);2*7H,3-6H2,1-2H3,(H,9,10);;. The van der Waals surface area contributed by atoms with Crippen molar-refractivity contribution in [3.63, 3.8) is 0 Å². The van der Waals surface area contributed by atoms with E-state index in [0.717, 1.165) is 57.8 Å². The quantitative estimate of drug-likeness (QED) is 0.0615. The second-order valence-electron chi connectivity index (χ2n) is 11.5. The summed E-state index contributed by atoms with van der Waals surface area (Å²) in [5, 5.41) is 25.8. The predicted octanol–water partition coefficient (Wildman–Crippen LogP) is 10.2. The summed E-state index contributed by atoms with van der Waals surface area (Å²) >= 11 is 1.22. The first-order chi connectivity index (χ1) is 19.6. The third kappa shape index (κ3) is 37.2. The third-order valence-corrected chi connectivity index (χ3v) is 9.56. The molecule has 0 aliphatic heterocycles. The summed E-state index contributed by atoms with van der Waals surface area (Å²) in [5.41, 5.74) is 0. The van der Waals surface area contributed by atoms with Crippen molar-refractivity contribution >= 4 is 40.4 Å². The molecule has 0 aliphatic carbocycles. The van der Waals surface area contributed by atoms with Gasteiger partial charge >= 0.3 is 138 Å². The number of rotatable bonds is 26. The van der Waals surface area contributed by atoms with Crippen molar-refractivity contribution in [1.82, 2.24) is 0 Å². The molecule has 244 valence electrons. The summed E-state index contributed by atoms with van der Waals surface area (Å²) in [5.74, 6) is -2.14. The molecule has 0 spiro atoms. The second-order valence-corrected chi connectivity index (χ2v) is 14.2. The predicted molar refractivity (Wildman–Crippen MR) is 175 cm³/mol. The van der Waals surface area contributed by atoms with Gasteiger partial charge in [0, 0.05) is 0 Å². The van der Waals surface area contributed by atoms with Crippen LogP contribution in [0.15, 0.2) is 0 Å². The zero-order valence-corrected chi connectivity index (χ0v) is 30.9. The van der Waals surface area contributed by atoms with Crippen molar-refractivity contribution in [2.45, 2.75) is 186 Å². The number of unbranched alkanes of at least 4 members (excludes halogenated alkanes) is 13. The van der Waals surface area contributed by atoms with Gasteiger partial charge in [0.25, 0.3) is 0 Å². The zero-order chi connectivity index (χ0) is 31.7. The van der Waals surface area contributed by atoms with Crippen LogP contribution in [0.1, 0.15) is 182 Å². The SMILES string of the molecule is CCCCC(CC)C(=O)O.CCCCC(CC)C(=O)O.CCCCCCCCCCCCCC[CH]([SnH])CCC(=O)O. The molecule has 0 saturated carbocycles. The first kappa shape index (κ1) is 44.6. The van der Waals surface area contributed by atoms with E-state index >= 15 is 0 Å². The molecule has 0 rings (SSSR count). The van der Waals surface area contributed by atoms with Gasteiger partial charge in [0.2, 0.25) is 0 Å². The number of hydrogen-bond acceptors (Lipinski definition) is 3. The summed E-state index contributed by atoms with van der Waals surface area (Å²) in [6.07, 6.45) is 26.7. The Morgan fingerprint density at radius 2 is 0.829 bits per heavy atom. The summed E-state index contributed by atoms with van der Waals surface area (Å²) in [4.78, 5) is 31.4. The van der Waals surface area contributed by atoms with Crippen LogP contribution in [0, 0.1) is 11.8 Å². The summed E-state index contributed by atoms with van der Waals surface area (Å²) in [6.45, 7) is 10.3. The maximum absolute atomic E-state index is 10.5. The molecule has 0 aromatic rings. The van der Waals surface area contributed by atoms with Crippen LogP contribution in [-0.4, -0.2) is 55.8 Å². The van der Waals surface area contributed by atoms with E-state index in [0.29, 0.717) is 10.4 Å². The molecule has 0 aliphatic rings. The minimum atomic E-state index is -0.643. The Labute approximate surface area is 267 Å². The van der Waals surface area contributed by atoms with Crippen LogP contribution in [-0.2, 0) is 14.4 Å². The molecule has 0 aromatic carbocycles. The average Bonchev–Trinajstić information content (AvgIpc) is 2.93. The minimum absolute atomic E-state index is 0.111. The molecule has 3 atom stereocenters. The molecule has 7 heteroatoms. The van der Waals surface area contributed by atoms with Gasteiger partial charge in [-0.05, 0) is 25.7 Å². The van der Waals surface area contributed by atoms with Crippen molar-refractivity contribution in [2.24, 2.45) is 11.8 Å². The fraction of sp³-hybridized carbons (Fsp3) is 0.912. The molecule has 0 fully saturated rings. The normalized spacial score (nSPS) is 12.7. The first-order valence-corrected chi connectivity index (χ1v) is 18.9. The van der Waals surface area contributed by atoms with Crippen molar-refractivity contribution in [2.75, 3.05) is 0 Å². The molecule has 41 heavy (non-hydrogen) atoms. The Balaban J connectivity index is -0.000000601. The van der Waals surface area contributed by atoms with E-state index in [-0.39, 0.29) is 11.8 Å². The van der Waals surface area contributed by atoms with Gasteiger partial charge < -0.3 is 10.2 Å². The van der Waals surface area contributed by atoms with Crippen molar-refractivity contribution in [3.05, 3.63) is 0 Å². The van der Waals surface area contributed by atoms with Gasteiger partial charge in [0.1, 0.15) is 0 Å². The molecule has 6 nitrogen and oxygen atoms in total. The van der Waals surface area contributed by atoms with E-state index in [4.69, 9.17) is 15.3 Å². The Hall–Kier alpha value is -0.791. The van der Waals surface area contributed by atoms with Gasteiger partial charge in [-0.3, -0.25) is 9.59 Å². The van der Waals surface area contributed by atoms with E-state index in [2.05, 4.69) is 20.8 Å². The van der Waals surface area contributed by atoms with Crippen molar-refractivity contribution < 1.29 is 29.7 Å². The third-order valence-electron chi connectivity index (χ3n) is 7.65. The van der Waals surface area contributed by atoms with E-state index < -0.39 is 17.9 Å². The molecule has 0 amide bonds. The van der Waals surface area contributed by atoms with Crippen LogP contribution in [0.4, 0.5) is 0 Å². The zero-order valence-electron chi connectivity index (χ0n) is 27.6. The Morgan fingerprint density at radius 1 is 0.488 bits per heavy atom. The molecule has 0 bridgehead atoms. The molecule has 3 unspecified atom stereocenters. The summed E-state index contributed by atoms with van der Waals surface area (Å²) in [6, 6.07) is 0. The van der Waals surface area contributed by atoms with Gasteiger partial charge in [-0.1, -0.05) is 73.1 Å². The number of carboxylic acids is 3. The molecule has 0 saturated heterocycles. The molecule has 0 aromatic heterocycles. The van der Waals surface area contributed by atoms with E-state index in [1.807, 2.05) is 13.8 Å². The van der Waals surface area contributed by atoms with Crippen LogP contribution >= 0.6 is 0 Å². The molecular weight excluding hydrogens is 623 g/mol. The maximum atomic E-state index is 10.5. The summed E-state index contributed by atoms with van der Waals surface area (Å²) in [7, 11) is 0. The van der Waals surface area contributed by atoms with Crippen LogP contribution in [0.3, 0.4) is 0 Å². The Kier molecular flexibility index (Phi) is 38.6. The van der Waals surface area contributed by atoms with E-state index in [1.165, 1.54) is 106 Å². The topological polar surface area (TPSA) is 112 Å². The van der Waals surface area contributed by atoms with E-state index in [1.54, 1.807) is 0 Å². The first-order valence-electron chi connectivity index (χ1n) is 17.0. The molecule has 3 N–H and O–H groups in total. The van der Waals surface area contributed by atoms with Crippen molar-refractivity contribution in [1.29, 1.82) is 0 Å². The van der Waals surface area contributed by atoms with Gasteiger partial charge in [0.15, 0.2) is 0 Å². The second kappa shape index (κ2) is 35.4. The van der Waals surface area contributed by atoms with Crippen LogP contribution in [0.25, 0.3) is 0 Å². The van der Waals surface area contributed by atoms with Crippen LogP contribution < -0.4 is 0 Å². The average molecular weight is 692 g/mol. The fourth-order valence-electron chi connectivity index (χ4n) is 4.61. The monoisotopic (exact) mass is 692 g/mol. The van der Waals surface area contributed by atoms with E-state index in [9.17, 15) is 14.4 Å². The molecular formula is C34H68O6Sn. The number of aliphatic carboxylic acids is 3. The fourth-order valence-corrected chi connectivity index (χ4v) is 5.75.